The van der Waals surface area contributed by atoms with Crippen LogP contribution >= 0.6 is 0 Å². The first kappa shape index (κ1) is 13.6. The largest absolute Gasteiger partial charge is 0.481 e. The summed E-state index contributed by atoms with van der Waals surface area (Å²) in [6.07, 6.45) is 1.70. The number of rotatable bonds is 5. The van der Waals surface area contributed by atoms with E-state index in [1.165, 1.54) is 0 Å². The molecule has 0 aliphatic heterocycles. The molecule has 1 amide bonds. The molecule has 0 radical (unpaired) electrons. The number of amides is 1. The van der Waals surface area contributed by atoms with E-state index in [-0.39, 0.29) is 18.9 Å². The Morgan fingerprint density at radius 3 is 2.58 bits per heavy atom. The van der Waals surface area contributed by atoms with Gasteiger partial charge in [0.2, 0.25) is 5.91 Å². The van der Waals surface area contributed by atoms with Crippen LogP contribution < -0.4 is 0 Å². The van der Waals surface area contributed by atoms with Gasteiger partial charge in [-0.05, 0) is 25.3 Å². The van der Waals surface area contributed by atoms with Crippen molar-refractivity contribution in [3.8, 4) is 0 Å². The quantitative estimate of drug-likeness (QED) is 0.881. The molecule has 2 rings (SSSR count). The second-order valence-corrected chi connectivity index (χ2v) is 5.32. The van der Waals surface area contributed by atoms with Gasteiger partial charge < -0.3 is 10.0 Å². The Morgan fingerprint density at radius 2 is 2.05 bits per heavy atom. The van der Waals surface area contributed by atoms with E-state index >= 15 is 0 Å². The molecule has 1 fully saturated rings. The fourth-order valence-corrected chi connectivity index (χ4v) is 2.42. The average molecular weight is 261 g/mol. The number of hydrogen-bond donors (Lipinski definition) is 1. The zero-order valence-corrected chi connectivity index (χ0v) is 11.3. The number of carbonyl (C=O) groups is 2. The molecule has 1 aromatic carbocycles. The summed E-state index contributed by atoms with van der Waals surface area (Å²) in [7, 11) is 1.68. The van der Waals surface area contributed by atoms with E-state index in [0.717, 1.165) is 24.0 Å². The van der Waals surface area contributed by atoms with Crippen LogP contribution in [0.3, 0.4) is 0 Å². The maximum Gasteiger partial charge on any atom is 0.305 e. The second kappa shape index (κ2) is 5.03. The lowest BCUT2D eigenvalue weighted by Gasteiger charge is -2.23. The first-order valence-electron chi connectivity index (χ1n) is 6.50. The molecule has 1 N–H and O–H groups in total. The standard InChI is InChI=1S/C15H19NO3/c1-11-4-3-5-12(10-11)15(7-8-15)14(19)16(2)9-6-13(17)18/h3-5,10H,6-9H2,1-2H3,(H,17,18). The Hall–Kier alpha value is -1.84. The SMILES string of the molecule is Cc1cccc(C2(C(=O)N(C)CCC(=O)O)CC2)c1. The van der Waals surface area contributed by atoms with Gasteiger partial charge in [0.15, 0.2) is 0 Å². The van der Waals surface area contributed by atoms with E-state index in [0.29, 0.717) is 0 Å². The van der Waals surface area contributed by atoms with Crippen molar-refractivity contribution in [1.82, 2.24) is 4.90 Å². The molecule has 0 saturated heterocycles. The number of benzene rings is 1. The van der Waals surface area contributed by atoms with E-state index in [9.17, 15) is 9.59 Å². The molecule has 1 aromatic rings. The van der Waals surface area contributed by atoms with Gasteiger partial charge in [0.1, 0.15) is 0 Å². The predicted molar refractivity (Wildman–Crippen MR) is 72.0 cm³/mol. The molecule has 0 unspecified atom stereocenters. The van der Waals surface area contributed by atoms with Gasteiger partial charge in [-0.2, -0.15) is 0 Å². The van der Waals surface area contributed by atoms with Crippen molar-refractivity contribution in [3.63, 3.8) is 0 Å². The fourth-order valence-electron chi connectivity index (χ4n) is 2.42. The number of aryl methyl sites for hydroxylation is 1. The lowest BCUT2D eigenvalue weighted by atomic mass is 9.93. The second-order valence-electron chi connectivity index (χ2n) is 5.32. The van der Waals surface area contributed by atoms with Crippen LogP contribution in [0.4, 0.5) is 0 Å². The van der Waals surface area contributed by atoms with Crippen LogP contribution in [0.15, 0.2) is 24.3 Å². The minimum absolute atomic E-state index is 0.00780. The van der Waals surface area contributed by atoms with Crippen molar-refractivity contribution in [1.29, 1.82) is 0 Å². The molecule has 0 bridgehead atoms. The third kappa shape index (κ3) is 2.78. The summed E-state index contributed by atoms with van der Waals surface area (Å²) in [5.41, 5.74) is 1.80. The molecule has 0 aromatic heterocycles. The van der Waals surface area contributed by atoms with Crippen LogP contribution in [-0.4, -0.2) is 35.5 Å². The number of nitrogens with zero attached hydrogens (tertiary/aromatic N) is 1. The van der Waals surface area contributed by atoms with Gasteiger partial charge in [0, 0.05) is 13.6 Å². The summed E-state index contributed by atoms with van der Waals surface area (Å²) in [5.74, 6) is -0.834. The third-order valence-electron chi connectivity index (χ3n) is 3.74. The first-order valence-corrected chi connectivity index (χ1v) is 6.50. The number of aliphatic carboxylic acids is 1. The number of hydrogen-bond acceptors (Lipinski definition) is 2. The Morgan fingerprint density at radius 1 is 1.37 bits per heavy atom. The van der Waals surface area contributed by atoms with Crippen molar-refractivity contribution < 1.29 is 14.7 Å². The van der Waals surface area contributed by atoms with Crippen LogP contribution in [0.1, 0.15) is 30.4 Å². The van der Waals surface area contributed by atoms with Gasteiger partial charge in [-0.15, -0.1) is 0 Å². The molecule has 1 aliphatic carbocycles. The molecular formula is C15H19NO3. The van der Waals surface area contributed by atoms with Gasteiger partial charge >= 0.3 is 5.97 Å². The van der Waals surface area contributed by atoms with Crippen molar-refractivity contribution in [3.05, 3.63) is 35.4 Å². The van der Waals surface area contributed by atoms with Crippen LogP contribution in [-0.2, 0) is 15.0 Å². The monoisotopic (exact) mass is 261 g/mol. The number of carboxylic acids is 1. The minimum atomic E-state index is -0.875. The van der Waals surface area contributed by atoms with Gasteiger partial charge in [0.25, 0.3) is 0 Å². The molecule has 0 atom stereocenters. The minimum Gasteiger partial charge on any atom is -0.481 e. The average Bonchev–Trinajstić information content (AvgIpc) is 3.16. The van der Waals surface area contributed by atoms with Crippen LogP contribution in [0, 0.1) is 6.92 Å². The van der Waals surface area contributed by atoms with Gasteiger partial charge in [0.05, 0.1) is 11.8 Å². The van der Waals surface area contributed by atoms with E-state index in [2.05, 4.69) is 6.07 Å². The summed E-state index contributed by atoms with van der Waals surface area (Å²) in [4.78, 5) is 24.6. The summed E-state index contributed by atoms with van der Waals surface area (Å²) < 4.78 is 0. The van der Waals surface area contributed by atoms with Crippen LogP contribution in [0.5, 0.6) is 0 Å². The molecular weight excluding hydrogens is 242 g/mol. The molecule has 1 saturated carbocycles. The topological polar surface area (TPSA) is 57.6 Å². The Balaban J connectivity index is 2.12. The van der Waals surface area contributed by atoms with Gasteiger partial charge in [-0.1, -0.05) is 29.8 Å². The lowest BCUT2D eigenvalue weighted by Crippen LogP contribution is -2.37. The summed E-state index contributed by atoms with van der Waals surface area (Å²) in [5, 5.41) is 8.68. The highest BCUT2D eigenvalue weighted by Crippen LogP contribution is 2.49. The molecule has 102 valence electrons. The Labute approximate surface area is 113 Å². The summed E-state index contributed by atoms with van der Waals surface area (Å²) in [6, 6.07) is 8.02. The van der Waals surface area contributed by atoms with Crippen molar-refractivity contribution in [2.24, 2.45) is 0 Å². The smallest absolute Gasteiger partial charge is 0.305 e. The number of carboxylic acid groups (broad SMARTS) is 1. The normalized spacial score (nSPS) is 15.9. The van der Waals surface area contributed by atoms with E-state index < -0.39 is 11.4 Å². The first-order chi connectivity index (χ1) is 8.95. The van der Waals surface area contributed by atoms with Gasteiger partial charge in [-0.3, -0.25) is 9.59 Å². The highest BCUT2D eigenvalue weighted by molar-refractivity contribution is 5.91. The van der Waals surface area contributed by atoms with E-state index in [4.69, 9.17) is 5.11 Å². The van der Waals surface area contributed by atoms with E-state index in [1.54, 1.807) is 11.9 Å². The predicted octanol–water partition coefficient (Wildman–Crippen LogP) is 1.96. The van der Waals surface area contributed by atoms with Crippen molar-refractivity contribution in [2.45, 2.75) is 31.6 Å². The molecule has 0 spiro atoms. The molecule has 4 nitrogen and oxygen atoms in total. The summed E-state index contributed by atoms with van der Waals surface area (Å²) >= 11 is 0. The Kier molecular flexibility index (Phi) is 3.60. The van der Waals surface area contributed by atoms with Crippen molar-refractivity contribution >= 4 is 11.9 Å². The maximum atomic E-state index is 12.5. The number of likely N-dealkylation sites (N-methyl/N-ethyl adjacent to an activating group) is 1. The highest BCUT2D eigenvalue weighted by Gasteiger charge is 2.52. The van der Waals surface area contributed by atoms with Gasteiger partial charge in [-0.25, -0.2) is 0 Å². The number of carbonyl (C=O) groups excluding carboxylic acids is 1. The zero-order valence-electron chi connectivity index (χ0n) is 11.3. The fraction of sp³-hybridized carbons (Fsp3) is 0.467. The molecule has 1 aliphatic rings. The summed E-state index contributed by atoms with van der Waals surface area (Å²) in [6.45, 7) is 2.28. The van der Waals surface area contributed by atoms with Crippen LogP contribution in [0.25, 0.3) is 0 Å². The maximum absolute atomic E-state index is 12.5. The van der Waals surface area contributed by atoms with Crippen LogP contribution in [0.2, 0.25) is 0 Å². The van der Waals surface area contributed by atoms with Crippen molar-refractivity contribution in [2.75, 3.05) is 13.6 Å². The molecule has 0 heterocycles. The third-order valence-corrected chi connectivity index (χ3v) is 3.74. The Bertz CT molecular complexity index is 506. The molecule has 19 heavy (non-hydrogen) atoms. The zero-order chi connectivity index (χ0) is 14.0. The van der Waals surface area contributed by atoms with E-state index in [1.807, 2.05) is 25.1 Å². The lowest BCUT2D eigenvalue weighted by molar-refractivity contribution is -0.138. The molecule has 4 heteroatoms. The highest BCUT2D eigenvalue weighted by atomic mass is 16.4.